The van der Waals surface area contributed by atoms with Crippen molar-refractivity contribution in [2.45, 2.75) is 5.92 Å². The highest BCUT2D eigenvalue weighted by molar-refractivity contribution is 6.06. The summed E-state index contributed by atoms with van der Waals surface area (Å²) in [4.78, 5) is 21.2. The molecule has 0 aliphatic carbocycles. The van der Waals surface area contributed by atoms with E-state index in [1.165, 1.54) is 18.5 Å². The third-order valence-electron chi connectivity index (χ3n) is 4.52. The number of nitrogens with one attached hydrogen (secondary N) is 1. The topological polar surface area (TPSA) is 72.7 Å². The Balaban J connectivity index is 1.70. The number of nitrogens with zero attached hydrogens (tertiary/aromatic N) is 4. The van der Waals surface area contributed by atoms with Crippen LogP contribution in [0, 0.1) is 5.82 Å². The second-order valence-electron chi connectivity index (χ2n) is 6.04. The molecule has 1 atom stereocenters. The number of amides is 1. The Morgan fingerprint density at radius 1 is 1.08 bits per heavy atom. The first kappa shape index (κ1) is 14.7. The molecule has 1 amide bonds. The van der Waals surface area contributed by atoms with Gasteiger partial charge in [0.15, 0.2) is 5.65 Å². The van der Waals surface area contributed by atoms with Crippen molar-refractivity contribution in [3.63, 3.8) is 0 Å². The Labute approximate surface area is 147 Å². The summed E-state index contributed by atoms with van der Waals surface area (Å²) in [5.74, 6) is -1.25. The summed E-state index contributed by atoms with van der Waals surface area (Å²) in [5, 5.41) is 7.83. The van der Waals surface area contributed by atoms with Crippen molar-refractivity contribution in [2.24, 2.45) is 0 Å². The second-order valence-corrected chi connectivity index (χ2v) is 6.04. The number of carbonyl (C=O) groups excluding carboxylic acids is 1. The summed E-state index contributed by atoms with van der Waals surface area (Å²) in [5.41, 5.74) is 3.21. The summed E-state index contributed by atoms with van der Waals surface area (Å²) in [7, 11) is 0. The molecule has 1 unspecified atom stereocenters. The SMILES string of the molecule is O=C1Nc2cc(F)ccc2C1c1ncnc2c1cnn2-c1ccccc1. The fourth-order valence-corrected chi connectivity index (χ4v) is 3.36. The monoisotopic (exact) mass is 345 g/mol. The standard InChI is InChI=1S/C19H12FN5O/c20-11-6-7-13-15(8-11)24-19(26)16(13)17-14-9-23-25(18(14)22-10-21-17)12-4-2-1-3-5-12/h1-10,16H,(H,24,26). The van der Waals surface area contributed by atoms with Gasteiger partial charge in [0, 0.05) is 5.69 Å². The zero-order chi connectivity index (χ0) is 17.7. The fourth-order valence-electron chi connectivity index (χ4n) is 3.36. The summed E-state index contributed by atoms with van der Waals surface area (Å²) in [6.45, 7) is 0. The molecule has 0 spiro atoms. The van der Waals surface area contributed by atoms with E-state index in [4.69, 9.17) is 0 Å². The number of aromatic nitrogens is 4. The molecule has 0 bridgehead atoms. The van der Waals surface area contributed by atoms with E-state index in [9.17, 15) is 9.18 Å². The summed E-state index contributed by atoms with van der Waals surface area (Å²) in [6.07, 6.45) is 3.08. The van der Waals surface area contributed by atoms with Crippen molar-refractivity contribution in [1.82, 2.24) is 19.7 Å². The predicted molar refractivity (Wildman–Crippen MR) is 93.5 cm³/mol. The highest BCUT2D eigenvalue weighted by Crippen LogP contribution is 2.38. The van der Waals surface area contributed by atoms with E-state index in [1.807, 2.05) is 30.3 Å². The molecule has 4 aromatic rings. The Hall–Kier alpha value is -3.61. The average molecular weight is 345 g/mol. The molecule has 26 heavy (non-hydrogen) atoms. The molecule has 0 saturated carbocycles. The maximum absolute atomic E-state index is 13.5. The van der Waals surface area contributed by atoms with Gasteiger partial charge in [-0.3, -0.25) is 4.79 Å². The summed E-state index contributed by atoms with van der Waals surface area (Å²) >= 11 is 0. The maximum Gasteiger partial charge on any atom is 0.238 e. The van der Waals surface area contributed by atoms with Crippen molar-refractivity contribution in [1.29, 1.82) is 0 Å². The van der Waals surface area contributed by atoms with Crippen molar-refractivity contribution in [3.8, 4) is 5.69 Å². The molecule has 6 nitrogen and oxygen atoms in total. The van der Waals surface area contributed by atoms with Crippen LogP contribution >= 0.6 is 0 Å². The minimum Gasteiger partial charge on any atom is -0.325 e. The van der Waals surface area contributed by atoms with Crippen LogP contribution in [0.1, 0.15) is 17.2 Å². The predicted octanol–water partition coefficient (Wildman–Crippen LogP) is 3.04. The maximum atomic E-state index is 13.5. The quantitative estimate of drug-likeness (QED) is 0.606. The van der Waals surface area contributed by atoms with Crippen molar-refractivity contribution in [2.75, 3.05) is 5.32 Å². The fraction of sp³-hybridized carbons (Fsp3) is 0.0526. The van der Waals surface area contributed by atoms with Crippen LogP contribution in [0.15, 0.2) is 61.1 Å². The number of rotatable bonds is 2. The molecule has 126 valence electrons. The number of fused-ring (bicyclic) bond motifs is 2. The van der Waals surface area contributed by atoms with Crippen LogP contribution in [0.3, 0.4) is 0 Å². The van der Waals surface area contributed by atoms with E-state index in [0.29, 0.717) is 28.0 Å². The van der Waals surface area contributed by atoms with Gasteiger partial charge in [-0.1, -0.05) is 24.3 Å². The van der Waals surface area contributed by atoms with Crippen LogP contribution in [0.25, 0.3) is 16.7 Å². The van der Waals surface area contributed by atoms with Gasteiger partial charge in [0.2, 0.25) is 5.91 Å². The molecule has 1 N–H and O–H groups in total. The van der Waals surface area contributed by atoms with E-state index in [-0.39, 0.29) is 5.91 Å². The average Bonchev–Trinajstić information content (AvgIpc) is 3.22. The van der Waals surface area contributed by atoms with E-state index in [0.717, 1.165) is 5.69 Å². The molecule has 7 heteroatoms. The minimum absolute atomic E-state index is 0.238. The van der Waals surface area contributed by atoms with Gasteiger partial charge in [-0.15, -0.1) is 0 Å². The van der Waals surface area contributed by atoms with E-state index in [1.54, 1.807) is 16.9 Å². The molecule has 1 aliphatic heterocycles. The number of hydrogen-bond donors (Lipinski definition) is 1. The molecule has 2 aromatic heterocycles. The second kappa shape index (κ2) is 5.45. The molecule has 3 heterocycles. The smallest absolute Gasteiger partial charge is 0.238 e. The highest BCUT2D eigenvalue weighted by atomic mass is 19.1. The number of para-hydroxylation sites is 1. The molecule has 5 rings (SSSR count). The van der Waals surface area contributed by atoms with Crippen molar-refractivity contribution in [3.05, 3.63) is 78.1 Å². The Morgan fingerprint density at radius 2 is 1.92 bits per heavy atom. The first-order valence-electron chi connectivity index (χ1n) is 8.07. The lowest BCUT2D eigenvalue weighted by atomic mass is 9.95. The largest absolute Gasteiger partial charge is 0.325 e. The lowest BCUT2D eigenvalue weighted by molar-refractivity contribution is -0.116. The minimum atomic E-state index is -0.621. The highest BCUT2D eigenvalue weighted by Gasteiger charge is 2.35. The van der Waals surface area contributed by atoms with E-state index < -0.39 is 11.7 Å². The van der Waals surface area contributed by atoms with E-state index in [2.05, 4.69) is 20.4 Å². The number of anilines is 1. The van der Waals surface area contributed by atoms with Gasteiger partial charge in [0.25, 0.3) is 0 Å². The third kappa shape index (κ3) is 2.10. The van der Waals surface area contributed by atoms with Gasteiger partial charge in [0.1, 0.15) is 18.1 Å². The van der Waals surface area contributed by atoms with Gasteiger partial charge in [0.05, 0.1) is 23.0 Å². The molecule has 1 aliphatic rings. The normalized spacial score (nSPS) is 15.9. The third-order valence-corrected chi connectivity index (χ3v) is 4.52. The molecule has 0 fully saturated rings. The van der Waals surface area contributed by atoms with Crippen molar-refractivity contribution < 1.29 is 9.18 Å². The lowest BCUT2D eigenvalue weighted by Gasteiger charge is -2.09. The van der Waals surface area contributed by atoms with Crippen molar-refractivity contribution >= 4 is 22.6 Å². The Bertz CT molecular complexity index is 1160. The van der Waals surface area contributed by atoms with Crippen LogP contribution in [0.5, 0.6) is 0 Å². The van der Waals surface area contributed by atoms with Crippen LogP contribution in [0.4, 0.5) is 10.1 Å². The van der Waals surface area contributed by atoms with Crippen LogP contribution in [-0.4, -0.2) is 25.7 Å². The van der Waals surface area contributed by atoms with Crippen LogP contribution in [-0.2, 0) is 4.79 Å². The number of benzene rings is 2. The van der Waals surface area contributed by atoms with E-state index >= 15 is 0 Å². The zero-order valence-electron chi connectivity index (χ0n) is 13.4. The first-order chi connectivity index (χ1) is 12.7. The zero-order valence-corrected chi connectivity index (χ0v) is 13.4. The molecular weight excluding hydrogens is 333 g/mol. The van der Waals surface area contributed by atoms with Gasteiger partial charge < -0.3 is 5.32 Å². The Kier molecular flexibility index (Phi) is 3.08. The number of halogens is 1. The van der Waals surface area contributed by atoms with Crippen LogP contribution < -0.4 is 5.32 Å². The van der Waals surface area contributed by atoms with Gasteiger partial charge >= 0.3 is 0 Å². The van der Waals surface area contributed by atoms with Gasteiger partial charge in [-0.05, 0) is 29.8 Å². The van der Waals surface area contributed by atoms with Gasteiger partial charge in [-0.25, -0.2) is 19.0 Å². The van der Waals surface area contributed by atoms with Crippen LogP contribution in [0.2, 0.25) is 0 Å². The first-order valence-corrected chi connectivity index (χ1v) is 8.07. The molecule has 0 saturated heterocycles. The lowest BCUT2D eigenvalue weighted by Crippen LogP contribution is -2.15. The summed E-state index contributed by atoms with van der Waals surface area (Å²) in [6, 6.07) is 13.9. The van der Waals surface area contributed by atoms with Gasteiger partial charge in [-0.2, -0.15) is 5.10 Å². The number of hydrogen-bond acceptors (Lipinski definition) is 4. The Morgan fingerprint density at radius 3 is 2.77 bits per heavy atom. The molecule has 0 radical (unpaired) electrons. The number of carbonyl (C=O) groups is 1. The summed E-state index contributed by atoms with van der Waals surface area (Å²) < 4.78 is 15.2. The molecule has 2 aromatic carbocycles. The molecular formula is C19H12FN5O.